The monoisotopic (exact) mass is 399 g/mol. The van der Waals surface area contributed by atoms with Crippen molar-refractivity contribution in [2.24, 2.45) is 0 Å². The van der Waals surface area contributed by atoms with Crippen LogP contribution in [0.2, 0.25) is 0 Å². The Morgan fingerprint density at radius 1 is 1.07 bits per heavy atom. The number of rotatable bonds is 4. The average Bonchev–Trinajstić information content (AvgIpc) is 2.98. The number of nitrogens with zero attached hydrogens (tertiary/aromatic N) is 3. The zero-order valence-electron chi connectivity index (χ0n) is 14.1. The summed E-state index contributed by atoms with van der Waals surface area (Å²) in [7, 11) is -4.15. The lowest BCUT2D eigenvalue weighted by Gasteiger charge is -2.10. The molecule has 0 fully saturated rings. The Hall–Kier alpha value is -2.75. The van der Waals surface area contributed by atoms with Gasteiger partial charge < -0.3 is 0 Å². The summed E-state index contributed by atoms with van der Waals surface area (Å²) in [5, 5.41) is 3.70. The van der Waals surface area contributed by atoms with E-state index in [4.69, 9.17) is 0 Å². The van der Waals surface area contributed by atoms with Crippen LogP contribution in [-0.4, -0.2) is 29.4 Å². The number of aromatic nitrogens is 3. The topological polar surface area (TPSA) is 64.8 Å². The molecule has 0 unspecified atom stereocenters. The molecule has 0 bridgehead atoms. The number of hydrogen-bond donors (Lipinski definition) is 0. The van der Waals surface area contributed by atoms with Crippen molar-refractivity contribution in [1.82, 2.24) is 14.8 Å². The van der Waals surface area contributed by atoms with Gasteiger partial charge in [-0.25, -0.2) is 30.7 Å². The molecule has 3 rings (SSSR count). The van der Waals surface area contributed by atoms with Gasteiger partial charge in [0.25, 0.3) is 6.43 Å². The Labute approximate surface area is 152 Å². The summed E-state index contributed by atoms with van der Waals surface area (Å²) in [5.41, 5.74) is 0.0925. The summed E-state index contributed by atoms with van der Waals surface area (Å²) in [6.45, 7) is 1.69. The molecule has 0 radical (unpaired) electrons. The Balaban J connectivity index is 2.26. The van der Waals surface area contributed by atoms with Crippen LogP contribution in [0.5, 0.6) is 0 Å². The molecule has 0 N–H and O–H groups in total. The highest BCUT2D eigenvalue weighted by Crippen LogP contribution is 2.29. The minimum atomic E-state index is -4.15. The van der Waals surface area contributed by atoms with E-state index in [1.807, 2.05) is 0 Å². The van der Waals surface area contributed by atoms with Crippen LogP contribution in [0, 0.1) is 18.6 Å². The van der Waals surface area contributed by atoms with Crippen molar-refractivity contribution in [2.75, 3.05) is 6.26 Å². The van der Waals surface area contributed by atoms with E-state index in [2.05, 4.69) is 10.1 Å². The summed E-state index contributed by atoms with van der Waals surface area (Å²) in [6.07, 6.45) is -2.25. The number of sulfone groups is 1. The molecule has 0 amide bonds. The fourth-order valence-electron chi connectivity index (χ4n) is 2.59. The van der Waals surface area contributed by atoms with Crippen LogP contribution in [0.3, 0.4) is 0 Å². The number of pyridine rings is 1. The van der Waals surface area contributed by atoms with Crippen molar-refractivity contribution in [3.05, 3.63) is 59.4 Å². The summed E-state index contributed by atoms with van der Waals surface area (Å²) < 4.78 is 78.7. The maximum Gasteiger partial charge on any atom is 0.282 e. The third-order valence-electron chi connectivity index (χ3n) is 3.70. The van der Waals surface area contributed by atoms with Crippen LogP contribution in [0.4, 0.5) is 17.6 Å². The van der Waals surface area contributed by atoms with Gasteiger partial charge in [-0.1, -0.05) is 6.07 Å². The van der Waals surface area contributed by atoms with Crippen molar-refractivity contribution >= 4 is 9.84 Å². The maximum atomic E-state index is 14.2. The zero-order chi connectivity index (χ0) is 19.9. The molecule has 0 spiro atoms. The first-order valence-corrected chi connectivity index (χ1v) is 9.48. The molecule has 2 heterocycles. The molecule has 5 nitrogen and oxygen atoms in total. The van der Waals surface area contributed by atoms with Gasteiger partial charge in [0.05, 0.1) is 17.1 Å². The first-order valence-electron chi connectivity index (χ1n) is 7.59. The highest BCUT2D eigenvalue weighted by Gasteiger charge is 2.24. The number of alkyl halides is 2. The van der Waals surface area contributed by atoms with Gasteiger partial charge in [-0.15, -0.1) is 0 Å². The van der Waals surface area contributed by atoms with E-state index in [0.29, 0.717) is 11.9 Å². The lowest BCUT2D eigenvalue weighted by atomic mass is 10.2. The van der Waals surface area contributed by atoms with E-state index in [9.17, 15) is 26.0 Å². The largest absolute Gasteiger partial charge is 0.282 e. The maximum absolute atomic E-state index is 14.2. The van der Waals surface area contributed by atoms with Crippen LogP contribution in [-0.2, 0) is 9.84 Å². The van der Waals surface area contributed by atoms with Crippen LogP contribution < -0.4 is 0 Å². The van der Waals surface area contributed by atoms with Crippen molar-refractivity contribution in [1.29, 1.82) is 0 Å². The van der Waals surface area contributed by atoms with E-state index < -0.39 is 38.5 Å². The highest BCUT2D eigenvalue weighted by molar-refractivity contribution is 7.90. The Bertz CT molecular complexity index is 1100. The molecular formula is C17H13F4N3O2S. The van der Waals surface area contributed by atoms with Gasteiger partial charge in [0.1, 0.15) is 22.2 Å². The molecule has 0 saturated heterocycles. The molecule has 0 aliphatic heterocycles. The SMILES string of the molecule is Cc1cccc(-c2cc(C(F)F)nn2-c2cc(F)c(S(C)(=O)=O)c(F)c2)n1. The van der Waals surface area contributed by atoms with Gasteiger partial charge in [0.15, 0.2) is 9.84 Å². The summed E-state index contributed by atoms with van der Waals surface area (Å²) in [6, 6.07) is 7.38. The van der Waals surface area contributed by atoms with Gasteiger partial charge in [-0.2, -0.15) is 5.10 Å². The summed E-state index contributed by atoms with van der Waals surface area (Å²) in [4.78, 5) is 3.12. The van der Waals surface area contributed by atoms with Gasteiger partial charge in [0.2, 0.25) is 0 Å². The van der Waals surface area contributed by atoms with Gasteiger partial charge in [-0.05, 0) is 25.1 Å². The Morgan fingerprint density at radius 2 is 1.70 bits per heavy atom. The zero-order valence-corrected chi connectivity index (χ0v) is 14.9. The number of hydrogen-bond acceptors (Lipinski definition) is 4. The van der Waals surface area contributed by atoms with E-state index in [1.54, 1.807) is 19.1 Å². The quantitative estimate of drug-likeness (QED) is 0.625. The molecule has 2 aromatic heterocycles. The summed E-state index contributed by atoms with van der Waals surface area (Å²) in [5.74, 6) is -2.69. The molecule has 10 heteroatoms. The second-order valence-corrected chi connectivity index (χ2v) is 7.79. The number of benzene rings is 1. The van der Waals surface area contributed by atoms with Crippen molar-refractivity contribution in [2.45, 2.75) is 18.2 Å². The Kier molecular flexibility index (Phi) is 4.77. The fourth-order valence-corrected chi connectivity index (χ4v) is 3.42. The molecule has 3 aromatic rings. The molecule has 1 aromatic carbocycles. The predicted molar refractivity (Wildman–Crippen MR) is 89.5 cm³/mol. The molecule has 0 atom stereocenters. The van der Waals surface area contributed by atoms with Crippen molar-refractivity contribution < 1.29 is 26.0 Å². The molecule has 142 valence electrons. The third kappa shape index (κ3) is 3.70. The van der Waals surface area contributed by atoms with Gasteiger partial charge in [0, 0.05) is 24.1 Å². The Morgan fingerprint density at radius 3 is 2.22 bits per heavy atom. The second kappa shape index (κ2) is 6.76. The van der Waals surface area contributed by atoms with Crippen LogP contribution >= 0.6 is 0 Å². The average molecular weight is 399 g/mol. The van der Waals surface area contributed by atoms with Gasteiger partial charge >= 0.3 is 0 Å². The lowest BCUT2D eigenvalue weighted by molar-refractivity contribution is 0.145. The minimum absolute atomic E-state index is 0.0832. The van der Waals surface area contributed by atoms with Crippen molar-refractivity contribution in [3.63, 3.8) is 0 Å². The molecule has 0 aliphatic rings. The molecule has 0 aliphatic carbocycles. The molecule has 0 saturated carbocycles. The standard InChI is InChI=1S/C17H13F4N3O2S/c1-9-4-3-5-13(22-9)15-8-14(17(20)21)23-24(15)10-6-11(18)16(12(19)7-10)27(2,25)26/h3-8,17H,1-2H3. The predicted octanol–water partition coefficient (Wildman–Crippen LogP) is 3.86. The molecular weight excluding hydrogens is 386 g/mol. The van der Waals surface area contributed by atoms with Crippen LogP contribution in [0.15, 0.2) is 41.3 Å². The number of halogens is 4. The van der Waals surface area contributed by atoms with E-state index in [0.717, 1.165) is 22.9 Å². The first-order chi connectivity index (χ1) is 12.6. The van der Waals surface area contributed by atoms with Crippen LogP contribution in [0.1, 0.15) is 17.8 Å². The normalized spacial score (nSPS) is 12.0. The van der Waals surface area contributed by atoms with E-state index in [-0.39, 0.29) is 17.1 Å². The third-order valence-corrected chi connectivity index (χ3v) is 4.83. The minimum Gasteiger partial charge on any atom is -0.251 e. The van der Waals surface area contributed by atoms with Crippen LogP contribution in [0.25, 0.3) is 17.1 Å². The van der Waals surface area contributed by atoms with Gasteiger partial charge in [-0.3, -0.25) is 4.98 Å². The molecule has 27 heavy (non-hydrogen) atoms. The van der Waals surface area contributed by atoms with E-state index >= 15 is 0 Å². The second-order valence-electron chi connectivity index (χ2n) is 5.84. The van der Waals surface area contributed by atoms with E-state index in [1.165, 1.54) is 6.07 Å². The lowest BCUT2D eigenvalue weighted by Crippen LogP contribution is -2.08. The number of aryl methyl sites for hydroxylation is 1. The first kappa shape index (κ1) is 19.0. The smallest absolute Gasteiger partial charge is 0.251 e. The van der Waals surface area contributed by atoms with Crippen molar-refractivity contribution in [3.8, 4) is 17.1 Å². The highest BCUT2D eigenvalue weighted by atomic mass is 32.2. The fraction of sp³-hybridized carbons (Fsp3) is 0.176. The summed E-state index contributed by atoms with van der Waals surface area (Å²) >= 11 is 0.